The number of rotatable bonds is 9. The van der Waals surface area contributed by atoms with Gasteiger partial charge in [0.25, 0.3) is 0 Å². The number of amides is 1. The van der Waals surface area contributed by atoms with Gasteiger partial charge in [-0.1, -0.05) is 66.4 Å². The van der Waals surface area contributed by atoms with Gasteiger partial charge in [0.2, 0.25) is 5.78 Å². The Labute approximate surface area is 408 Å². The van der Waals surface area contributed by atoms with E-state index < -0.39 is 49.2 Å². The molecule has 2 aliphatic rings. The number of aromatic nitrogens is 2. The summed E-state index contributed by atoms with van der Waals surface area (Å²) in [4.78, 5) is 23.6. The third-order valence-electron chi connectivity index (χ3n) is 7.98. The Hall–Kier alpha value is -5.32. The van der Waals surface area contributed by atoms with Gasteiger partial charge >= 0.3 is 82.4 Å². The number of para-hydroxylation sites is 2. The first kappa shape index (κ1) is 51.0. The number of carbonyl (C=O) groups excluding carboxylic acids is 2. The van der Waals surface area contributed by atoms with Crippen molar-refractivity contribution < 1.29 is 109 Å². The molecule has 4 aromatic carbocycles. The average Bonchev–Trinajstić information content (AvgIpc) is 3.68. The summed E-state index contributed by atoms with van der Waals surface area (Å²) in [6.07, 6.45) is 0.907. The number of Topliss-reactive ketones (excluding diaryl/α,β-unsaturated/α-hetero) is 1. The van der Waals surface area contributed by atoms with Gasteiger partial charge in [-0.2, -0.15) is 30.6 Å². The normalized spacial score (nSPS) is 15.0. The van der Waals surface area contributed by atoms with Crippen LogP contribution in [0.1, 0.15) is 12.6 Å². The number of carbonyl (C=O) groups is 2. The molecule has 1 aliphatic heterocycles. The maximum absolute atomic E-state index is 12.7. The predicted octanol–water partition coefficient (Wildman–Crippen LogP) is -0.436. The predicted molar refractivity (Wildman–Crippen MR) is 210 cm³/mol. The van der Waals surface area contributed by atoms with Crippen LogP contribution in [0.15, 0.2) is 168 Å². The van der Waals surface area contributed by atoms with E-state index >= 15 is 0 Å². The molecule has 1 aliphatic carbocycles. The molecule has 0 atom stereocenters. The van der Waals surface area contributed by atoms with Crippen LogP contribution in [0.3, 0.4) is 0 Å². The zero-order valence-corrected chi connectivity index (χ0v) is 39.0. The maximum Gasteiger partial charge on any atom is 3.00 e. The molecule has 5 aromatic rings. The Bertz CT molecular complexity index is 2770. The zero-order valence-electron chi connectivity index (χ0n) is 33.0. The summed E-state index contributed by atoms with van der Waals surface area (Å²) in [5.74, 6) is -2.67. The standard InChI is InChI=1S/C22H18N6O2.C16H11N5O7S.Cr.2Na/c1-15-21(22(30)28(27-15)18-10-6-3-7-11-18)26-25-19-14-17(12-13-20(19)29)24-23-16-8-4-2-5-9-16;1-9-14(16(23)20(19-9)10-5-3-2-4-6-10)18-17-12-7-11(29(26,27)28)8-13(15(12)22)21(24)25;;;/h2-14,29-30H,1H3;2-8H,1H3,(H,26,27,28);;;/q;-2;+3;2*+1/p-3. The third-order valence-corrected chi connectivity index (χ3v) is 8.79. The molecule has 0 N–H and O–H groups in total. The molecule has 7 rings (SSSR count). The van der Waals surface area contributed by atoms with Crippen molar-refractivity contribution in [2.24, 2.45) is 35.8 Å². The van der Waals surface area contributed by atoms with E-state index in [0.717, 1.165) is 5.01 Å². The minimum atomic E-state index is -5.10. The van der Waals surface area contributed by atoms with Crippen molar-refractivity contribution in [2.75, 3.05) is 5.01 Å². The topological polar surface area (TPSA) is 294 Å². The van der Waals surface area contributed by atoms with Crippen LogP contribution >= 0.6 is 0 Å². The number of aryl methyl sites for hydroxylation is 1. The second-order valence-corrected chi connectivity index (χ2v) is 13.4. The number of azo groups is 2. The minimum Gasteiger partial charge on any atom is -0.871 e. The average molecular weight is 911 g/mol. The largest absolute Gasteiger partial charge is 3.00 e. The van der Waals surface area contributed by atoms with Gasteiger partial charge < -0.3 is 30.4 Å². The second-order valence-electron chi connectivity index (χ2n) is 12.1. The van der Waals surface area contributed by atoms with Gasteiger partial charge in [0.05, 0.1) is 50.4 Å². The first-order valence-electron chi connectivity index (χ1n) is 16.9. The van der Waals surface area contributed by atoms with E-state index in [0.29, 0.717) is 40.6 Å². The van der Waals surface area contributed by atoms with Gasteiger partial charge in [-0.3, -0.25) is 9.59 Å². The quantitative estimate of drug-likeness (QED) is 0.0601. The molecule has 301 valence electrons. The number of hydrogen-bond donors (Lipinski definition) is 0. The molecule has 0 bridgehead atoms. The van der Waals surface area contributed by atoms with Gasteiger partial charge in [-0.05, 0) is 74.5 Å². The first-order valence-corrected chi connectivity index (χ1v) is 18.3. The van der Waals surface area contributed by atoms with E-state index in [2.05, 4.69) is 40.9 Å². The SMILES string of the molecule is CC1=NN(c2ccccc2)C(=O)C1=NN=C1C=C(S(=O)(=O)[O-])C=C(N([O-])[O-])C1=O.Cc1nn(-c2ccccc2)c([O-])c1N=Nc1cc(N=Nc2ccccc2)ccc1[O-].[Cr+3].[Na+].[Na+]. The number of hydrogen-bond acceptors (Lipinski definition) is 18. The van der Waals surface area contributed by atoms with E-state index in [1.165, 1.54) is 23.7 Å². The molecular formula is C38H26CrN11Na2O9S. The van der Waals surface area contributed by atoms with Gasteiger partial charge in [0.1, 0.15) is 21.5 Å². The minimum absolute atomic E-state index is 0. The molecule has 20 nitrogen and oxygen atoms in total. The molecule has 0 fully saturated rings. The van der Waals surface area contributed by atoms with E-state index in [1.54, 1.807) is 55.5 Å². The van der Waals surface area contributed by atoms with Crippen LogP contribution in [0.2, 0.25) is 0 Å². The number of allylic oxidation sites excluding steroid dienone is 3. The summed E-state index contributed by atoms with van der Waals surface area (Å²) in [5, 5.41) is 78.2. The summed E-state index contributed by atoms with van der Waals surface area (Å²) in [6, 6.07) is 30.9. The van der Waals surface area contributed by atoms with Crippen LogP contribution < -0.4 is 74.3 Å². The van der Waals surface area contributed by atoms with Crippen molar-refractivity contribution in [1.29, 1.82) is 0 Å². The number of ketones is 1. The molecule has 2 heterocycles. The summed E-state index contributed by atoms with van der Waals surface area (Å²) >= 11 is 0. The second kappa shape index (κ2) is 22.7. The van der Waals surface area contributed by atoms with Crippen molar-refractivity contribution in [3.63, 3.8) is 0 Å². The van der Waals surface area contributed by atoms with Crippen molar-refractivity contribution in [1.82, 2.24) is 15.0 Å². The summed E-state index contributed by atoms with van der Waals surface area (Å²) < 4.78 is 34.9. The molecule has 0 unspecified atom stereocenters. The summed E-state index contributed by atoms with van der Waals surface area (Å²) in [7, 11) is -5.10. The van der Waals surface area contributed by atoms with Crippen LogP contribution in [0.25, 0.3) is 5.69 Å². The van der Waals surface area contributed by atoms with E-state index in [9.17, 15) is 43.2 Å². The van der Waals surface area contributed by atoms with Crippen LogP contribution in [-0.2, 0) is 37.1 Å². The van der Waals surface area contributed by atoms with Gasteiger partial charge in [-0.15, -0.1) is 15.3 Å². The smallest absolute Gasteiger partial charge is 0.871 e. The Balaban J connectivity index is 0.000000315. The molecule has 1 radical (unpaired) electrons. The maximum atomic E-state index is 12.7. The molecule has 0 spiro atoms. The Morgan fingerprint density at radius 2 is 1.29 bits per heavy atom. The van der Waals surface area contributed by atoms with Crippen molar-refractivity contribution >= 4 is 67.4 Å². The molecule has 1 aromatic heterocycles. The van der Waals surface area contributed by atoms with Crippen LogP contribution in [0.5, 0.6) is 11.6 Å². The Morgan fingerprint density at radius 3 is 1.89 bits per heavy atom. The van der Waals surface area contributed by atoms with Crippen LogP contribution in [-0.4, -0.2) is 56.8 Å². The number of hydroxylamine groups is 2. The van der Waals surface area contributed by atoms with E-state index in [-0.39, 0.29) is 105 Å². The number of hydrazone groups is 1. The Morgan fingerprint density at radius 1 is 0.710 bits per heavy atom. The van der Waals surface area contributed by atoms with Gasteiger partial charge in [0, 0.05) is 5.88 Å². The Kier molecular flexibility index (Phi) is 18.7. The van der Waals surface area contributed by atoms with Crippen molar-refractivity contribution in [3.8, 4) is 17.3 Å². The number of anilines is 1. The van der Waals surface area contributed by atoms with Crippen LogP contribution in [0.4, 0.5) is 28.4 Å². The van der Waals surface area contributed by atoms with E-state index in [4.69, 9.17) is 0 Å². The molecule has 0 saturated carbocycles. The zero-order chi connectivity index (χ0) is 42.3. The monoisotopic (exact) mass is 910 g/mol. The molecule has 0 saturated heterocycles. The van der Waals surface area contributed by atoms with Gasteiger partial charge in [0.15, 0.2) is 5.71 Å². The molecule has 24 heteroatoms. The number of nitrogens with zero attached hydrogens (tertiary/aromatic N) is 11. The fourth-order valence-electron chi connectivity index (χ4n) is 5.11. The fraction of sp³-hybridized carbons (Fsp3) is 0.0526. The fourth-order valence-corrected chi connectivity index (χ4v) is 5.62. The van der Waals surface area contributed by atoms with Crippen molar-refractivity contribution in [2.45, 2.75) is 13.8 Å². The molecular weight excluding hydrogens is 885 g/mol. The van der Waals surface area contributed by atoms with Gasteiger partial charge in [-0.25, -0.2) is 13.1 Å². The summed E-state index contributed by atoms with van der Waals surface area (Å²) in [6.45, 7) is 3.12. The summed E-state index contributed by atoms with van der Waals surface area (Å²) in [5.41, 5.74) is 0.721. The van der Waals surface area contributed by atoms with Crippen LogP contribution in [0, 0.1) is 17.3 Å². The third kappa shape index (κ3) is 12.4. The molecule has 62 heavy (non-hydrogen) atoms. The number of benzene rings is 4. The molecule has 1 amide bonds. The van der Waals surface area contributed by atoms with Crippen molar-refractivity contribution in [3.05, 3.63) is 148 Å². The van der Waals surface area contributed by atoms with E-state index in [1.807, 2.05) is 48.5 Å². The first-order chi connectivity index (χ1) is 28.2.